The quantitative estimate of drug-likeness (QED) is 0.351. The fraction of sp³-hybridized carbons (Fsp3) is 0.462. The van der Waals surface area contributed by atoms with Crippen molar-refractivity contribution in [2.75, 3.05) is 11.9 Å². The van der Waals surface area contributed by atoms with Gasteiger partial charge in [-0.05, 0) is 68.0 Å². The Hall–Kier alpha value is -3.42. The van der Waals surface area contributed by atoms with Gasteiger partial charge in [0.25, 0.3) is 11.5 Å². The molecule has 0 fully saturated rings. The van der Waals surface area contributed by atoms with E-state index in [9.17, 15) is 19.2 Å². The van der Waals surface area contributed by atoms with Crippen LogP contribution >= 0.6 is 0 Å². The number of hydrogen-bond donors (Lipinski definition) is 2. The van der Waals surface area contributed by atoms with Crippen LogP contribution in [0.4, 0.5) is 5.69 Å². The van der Waals surface area contributed by atoms with Gasteiger partial charge in [0.1, 0.15) is 11.3 Å². The van der Waals surface area contributed by atoms with E-state index in [0.717, 1.165) is 49.8 Å². The van der Waals surface area contributed by atoms with E-state index in [1.807, 2.05) is 0 Å². The highest BCUT2D eigenvalue weighted by Crippen LogP contribution is 2.21. The number of nitrogens with one attached hydrogen (secondary N) is 2. The van der Waals surface area contributed by atoms with Crippen molar-refractivity contribution in [2.24, 2.45) is 0 Å². The van der Waals surface area contributed by atoms with Gasteiger partial charge in [0.05, 0.1) is 0 Å². The summed E-state index contributed by atoms with van der Waals surface area (Å²) in [6.07, 6.45) is 6.82. The third-order valence-corrected chi connectivity index (χ3v) is 5.91. The molecular formula is C26H33N3O5. The summed E-state index contributed by atoms with van der Waals surface area (Å²) in [4.78, 5) is 49.1. The van der Waals surface area contributed by atoms with E-state index in [0.29, 0.717) is 30.9 Å². The van der Waals surface area contributed by atoms with Gasteiger partial charge in [-0.1, -0.05) is 19.8 Å². The number of rotatable bonds is 8. The standard InChI is InChI=1S/C26H33N3O5/c1-3-24(31)34-21-13-11-20(12-14-21)28-25(32)22-17-19-9-6-4-5-7-10-23(19)29(26(22)33)16-8-15-27-18(2)30/h11-14,17H,3-10,15-16H2,1-2H3,(H,27,30)(H,28,32). The largest absolute Gasteiger partial charge is 0.427 e. The molecule has 1 aromatic carbocycles. The average molecular weight is 468 g/mol. The molecule has 0 saturated heterocycles. The Labute approximate surface area is 199 Å². The number of esters is 1. The minimum absolute atomic E-state index is 0.105. The normalized spacial score (nSPS) is 13.2. The van der Waals surface area contributed by atoms with Crippen molar-refractivity contribution in [3.63, 3.8) is 0 Å². The number of aryl methyl sites for hydroxylation is 1. The van der Waals surface area contributed by atoms with Gasteiger partial charge in [0.15, 0.2) is 0 Å². The van der Waals surface area contributed by atoms with Crippen LogP contribution in [0.1, 0.15) is 74.0 Å². The summed E-state index contributed by atoms with van der Waals surface area (Å²) in [7, 11) is 0. The average Bonchev–Trinajstić information content (AvgIpc) is 2.79. The van der Waals surface area contributed by atoms with Gasteiger partial charge in [-0.15, -0.1) is 0 Å². The molecule has 182 valence electrons. The summed E-state index contributed by atoms with van der Waals surface area (Å²) in [5, 5.41) is 5.55. The van der Waals surface area contributed by atoms with Crippen molar-refractivity contribution in [3.8, 4) is 5.75 Å². The van der Waals surface area contributed by atoms with E-state index in [4.69, 9.17) is 4.74 Å². The Kier molecular flexibility index (Phi) is 9.01. The van der Waals surface area contributed by atoms with Crippen LogP contribution in [0.2, 0.25) is 0 Å². The predicted molar refractivity (Wildman–Crippen MR) is 130 cm³/mol. The van der Waals surface area contributed by atoms with E-state index >= 15 is 0 Å². The van der Waals surface area contributed by atoms with Crippen molar-refractivity contribution in [2.45, 2.75) is 71.8 Å². The maximum atomic E-state index is 13.4. The Morgan fingerprint density at radius 1 is 1.03 bits per heavy atom. The highest BCUT2D eigenvalue weighted by atomic mass is 16.5. The Morgan fingerprint density at radius 3 is 2.41 bits per heavy atom. The molecule has 1 aliphatic rings. The molecule has 0 bridgehead atoms. The van der Waals surface area contributed by atoms with Gasteiger partial charge in [-0.3, -0.25) is 19.2 Å². The number of carbonyl (C=O) groups excluding carboxylic acids is 3. The molecule has 2 aromatic rings. The zero-order valence-corrected chi connectivity index (χ0v) is 19.9. The van der Waals surface area contributed by atoms with E-state index in [1.165, 1.54) is 6.92 Å². The fourth-order valence-electron chi connectivity index (χ4n) is 4.14. The van der Waals surface area contributed by atoms with Gasteiger partial charge in [0, 0.05) is 37.8 Å². The molecule has 2 amide bonds. The summed E-state index contributed by atoms with van der Waals surface area (Å²) in [6.45, 7) is 4.10. The van der Waals surface area contributed by atoms with E-state index < -0.39 is 5.91 Å². The van der Waals surface area contributed by atoms with Gasteiger partial charge in [-0.2, -0.15) is 0 Å². The van der Waals surface area contributed by atoms with Crippen LogP contribution in [0.3, 0.4) is 0 Å². The van der Waals surface area contributed by atoms with E-state index in [-0.39, 0.29) is 29.4 Å². The minimum Gasteiger partial charge on any atom is -0.427 e. The lowest BCUT2D eigenvalue weighted by molar-refractivity contribution is -0.134. The zero-order chi connectivity index (χ0) is 24.5. The molecule has 1 heterocycles. The summed E-state index contributed by atoms with van der Waals surface area (Å²) in [6, 6.07) is 8.22. The van der Waals surface area contributed by atoms with Crippen LogP contribution in [0.25, 0.3) is 0 Å². The second-order valence-corrected chi connectivity index (χ2v) is 8.54. The van der Waals surface area contributed by atoms with Gasteiger partial charge in [0.2, 0.25) is 5.91 Å². The number of anilines is 1. The van der Waals surface area contributed by atoms with Crippen molar-refractivity contribution < 1.29 is 19.1 Å². The number of amides is 2. The summed E-state index contributed by atoms with van der Waals surface area (Å²) in [5.74, 6) is -0.515. The van der Waals surface area contributed by atoms with Gasteiger partial charge < -0.3 is 19.9 Å². The molecule has 0 aliphatic heterocycles. The number of hydrogen-bond acceptors (Lipinski definition) is 5. The maximum Gasteiger partial charge on any atom is 0.310 e. The molecule has 0 radical (unpaired) electrons. The smallest absolute Gasteiger partial charge is 0.310 e. The molecular weight excluding hydrogens is 434 g/mol. The number of ether oxygens (including phenoxy) is 1. The summed E-state index contributed by atoms with van der Waals surface area (Å²) < 4.78 is 6.88. The van der Waals surface area contributed by atoms with Crippen molar-refractivity contribution in [1.82, 2.24) is 9.88 Å². The summed E-state index contributed by atoms with van der Waals surface area (Å²) >= 11 is 0. The van der Waals surface area contributed by atoms with Crippen LogP contribution in [0, 0.1) is 0 Å². The molecule has 0 unspecified atom stereocenters. The van der Waals surface area contributed by atoms with Crippen LogP contribution in [0.15, 0.2) is 35.1 Å². The van der Waals surface area contributed by atoms with Crippen molar-refractivity contribution in [3.05, 3.63) is 57.5 Å². The number of fused-ring (bicyclic) bond motifs is 1. The molecule has 8 heteroatoms. The Bertz CT molecular complexity index is 1090. The number of benzene rings is 1. The molecule has 8 nitrogen and oxygen atoms in total. The van der Waals surface area contributed by atoms with Crippen LogP contribution < -0.4 is 20.9 Å². The SMILES string of the molecule is CCC(=O)Oc1ccc(NC(=O)c2cc3c(n(CCCNC(C)=O)c2=O)CCCCCC3)cc1. The lowest BCUT2D eigenvalue weighted by Gasteiger charge is -2.21. The van der Waals surface area contributed by atoms with Crippen LogP contribution in [0.5, 0.6) is 5.75 Å². The molecule has 1 aliphatic carbocycles. The topological polar surface area (TPSA) is 106 Å². The number of pyridine rings is 1. The second kappa shape index (κ2) is 12.2. The molecule has 0 spiro atoms. The third kappa shape index (κ3) is 6.79. The molecule has 1 aromatic heterocycles. The number of carbonyl (C=O) groups is 3. The Morgan fingerprint density at radius 2 is 1.74 bits per heavy atom. The van der Waals surface area contributed by atoms with Crippen LogP contribution in [-0.4, -0.2) is 28.9 Å². The molecule has 34 heavy (non-hydrogen) atoms. The van der Waals surface area contributed by atoms with Gasteiger partial charge in [-0.25, -0.2) is 0 Å². The third-order valence-electron chi connectivity index (χ3n) is 5.91. The first-order chi connectivity index (χ1) is 16.4. The van der Waals surface area contributed by atoms with Crippen molar-refractivity contribution >= 4 is 23.5 Å². The van der Waals surface area contributed by atoms with Crippen LogP contribution in [-0.2, 0) is 29.0 Å². The minimum atomic E-state index is -0.469. The van der Waals surface area contributed by atoms with E-state index in [2.05, 4.69) is 10.6 Å². The Balaban J connectivity index is 1.84. The molecule has 2 N–H and O–H groups in total. The highest BCUT2D eigenvalue weighted by molar-refractivity contribution is 6.04. The number of nitrogens with zero attached hydrogens (tertiary/aromatic N) is 1. The molecule has 0 saturated carbocycles. The molecule has 3 rings (SSSR count). The zero-order valence-electron chi connectivity index (χ0n) is 19.9. The second-order valence-electron chi connectivity index (χ2n) is 8.54. The van der Waals surface area contributed by atoms with Gasteiger partial charge >= 0.3 is 5.97 Å². The maximum absolute atomic E-state index is 13.4. The lowest BCUT2D eigenvalue weighted by Crippen LogP contribution is -2.34. The first-order valence-electron chi connectivity index (χ1n) is 12.0. The van der Waals surface area contributed by atoms with Crippen molar-refractivity contribution in [1.29, 1.82) is 0 Å². The first-order valence-corrected chi connectivity index (χ1v) is 12.0. The molecule has 0 atom stereocenters. The monoisotopic (exact) mass is 467 g/mol. The fourth-order valence-corrected chi connectivity index (χ4v) is 4.14. The highest BCUT2D eigenvalue weighted by Gasteiger charge is 2.20. The number of aromatic nitrogens is 1. The van der Waals surface area contributed by atoms with E-state index in [1.54, 1.807) is 41.8 Å². The first kappa shape index (κ1) is 25.2. The summed E-state index contributed by atoms with van der Waals surface area (Å²) in [5.41, 5.74) is 2.36. The lowest BCUT2D eigenvalue weighted by atomic mass is 9.95. The predicted octanol–water partition coefficient (Wildman–Crippen LogP) is 3.60.